The van der Waals surface area contributed by atoms with E-state index in [1.165, 1.54) is 45.3 Å². The number of hydrogen-bond acceptors (Lipinski definition) is 2. The summed E-state index contributed by atoms with van der Waals surface area (Å²) in [6.07, 6.45) is 6.30. The van der Waals surface area contributed by atoms with Gasteiger partial charge in [0.2, 0.25) is 0 Å². The number of nitrogens with zero attached hydrogens (tertiary/aromatic N) is 1. The number of rotatable bonds is 10. The molecule has 0 spiro atoms. The van der Waals surface area contributed by atoms with Gasteiger partial charge >= 0.3 is 0 Å². The summed E-state index contributed by atoms with van der Waals surface area (Å²) in [5, 5.41) is 0. The van der Waals surface area contributed by atoms with Gasteiger partial charge in [0.15, 0.2) is 0 Å². The van der Waals surface area contributed by atoms with Crippen LogP contribution in [-0.2, 0) is 0 Å². The minimum absolute atomic E-state index is 0.429. The number of hydrogen-bond donors (Lipinski definition) is 1. The van der Waals surface area contributed by atoms with Gasteiger partial charge in [-0.05, 0) is 63.7 Å². The summed E-state index contributed by atoms with van der Waals surface area (Å²) < 4.78 is 0. The third-order valence-electron chi connectivity index (χ3n) is 3.23. The topological polar surface area (TPSA) is 29.3 Å². The van der Waals surface area contributed by atoms with Crippen molar-refractivity contribution in [1.29, 1.82) is 0 Å². The van der Waals surface area contributed by atoms with Gasteiger partial charge in [0, 0.05) is 0 Å². The van der Waals surface area contributed by atoms with Gasteiger partial charge in [-0.2, -0.15) is 0 Å². The molecule has 0 amide bonds. The van der Waals surface area contributed by atoms with E-state index < -0.39 is 0 Å². The van der Waals surface area contributed by atoms with Crippen LogP contribution in [0.4, 0.5) is 0 Å². The Bertz CT molecular complexity index is 149. The predicted molar refractivity (Wildman–Crippen MR) is 73.7 cm³/mol. The van der Waals surface area contributed by atoms with Crippen molar-refractivity contribution in [3.05, 3.63) is 0 Å². The highest BCUT2D eigenvalue weighted by Gasteiger charge is 2.16. The van der Waals surface area contributed by atoms with Gasteiger partial charge in [-0.3, -0.25) is 0 Å². The van der Waals surface area contributed by atoms with Crippen LogP contribution in [0.1, 0.15) is 59.8 Å². The SMILES string of the molecule is CCCN(CCC)CCCC(C)(C)CCN. The van der Waals surface area contributed by atoms with Crippen LogP contribution < -0.4 is 5.73 Å². The van der Waals surface area contributed by atoms with Crippen molar-refractivity contribution < 1.29 is 0 Å². The maximum atomic E-state index is 5.63. The second-order valence-electron chi connectivity index (χ2n) is 5.65. The molecule has 0 aromatic rings. The first-order valence-electron chi connectivity index (χ1n) is 6.98. The van der Waals surface area contributed by atoms with Gasteiger partial charge in [-0.15, -0.1) is 0 Å². The fourth-order valence-corrected chi connectivity index (χ4v) is 2.26. The molecule has 0 saturated heterocycles. The molecule has 0 aliphatic rings. The molecule has 0 aromatic carbocycles. The Morgan fingerprint density at radius 1 is 0.938 bits per heavy atom. The van der Waals surface area contributed by atoms with E-state index in [1.54, 1.807) is 0 Å². The molecule has 16 heavy (non-hydrogen) atoms. The zero-order valence-corrected chi connectivity index (χ0v) is 11.9. The van der Waals surface area contributed by atoms with Crippen molar-refractivity contribution in [2.75, 3.05) is 26.2 Å². The first-order valence-corrected chi connectivity index (χ1v) is 6.98. The fourth-order valence-electron chi connectivity index (χ4n) is 2.26. The third-order valence-corrected chi connectivity index (χ3v) is 3.23. The molecule has 0 unspecified atom stereocenters. The smallest absolute Gasteiger partial charge is 0.00185 e. The Morgan fingerprint density at radius 2 is 1.50 bits per heavy atom. The van der Waals surface area contributed by atoms with Crippen LogP contribution in [0.25, 0.3) is 0 Å². The van der Waals surface area contributed by atoms with Crippen LogP contribution in [0.2, 0.25) is 0 Å². The molecular formula is C14H32N2. The normalized spacial score (nSPS) is 12.4. The Labute approximate surface area is 103 Å². The van der Waals surface area contributed by atoms with Crippen LogP contribution in [-0.4, -0.2) is 31.1 Å². The van der Waals surface area contributed by atoms with Crippen LogP contribution in [0, 0.1) is 5.41 Å². The molecule has 0 aliphatic heterocycles. The Kier molecular flexibility index (Phi) is 8.96. The molecule has 0 bridgehead atoms. The van der Waals surface area contributed by atoms with Crippen molar-refractivity contribution in [3.8, 4) is 0 Å². The molecule has 0 saturated carbocycles. The second-order valence-corrected chi connectivity index (χ2v) is 5.65. The zero-order chi connectivity index (χ0) is 12.4. The maximum Gasteiger partial charge on any atom is -0.00185 e. The van der Waals surface area contributed by atoms with Crippen LogP contribution in [0.5, 0.6) is 0 Å². The van der Waals surface area contributed by atoms with Crippen molar-refractivity contribution in [2.45, 2.75) is 59.8 Å². The minimum atomic E-state index is 0.429. The van der Waals surface area contributed by atoms with Gasteiger partial charge in [-0.1, -0.05) is 27.7 Å². The van der Waals surface area contributed by atoms with Crippen molar-refractivity contribution in [2.24, 2.45) is 11.1 Å². The summed E-state index contributed by atoms with van der Waals surface area (Å²) >= 11 is 0. The molecule has 0 aromatic heterocycles. The third kappa shape index (κ3) is 8.12. The molecule has 2 N–H and O–H groups in total. The Hall–Kier alpha value is -0.0800. The molecular weight excluding hydrogens is 196 g/mol. The molecule has 0 aliphatic carbocycles. The summed E-state index contributed by atoms with van der Waals surface area (Å²) in [6, 6.07) is 0. The Balaban J connectivity index is 3.75. The van der Waals surface area contributed by atoms with Crippen LogP contribution in [0.15, 0.2) is 0 Å². The van der Waals surface area contributed by atoms with E-state index >= 15 is 0 Å². The summed E-state index contributed by atoms with van der Waals surface area (Å²) in [4.78, 5) is 2.60. The second kappa shape index (κ2) is 9.00. The summed E-state index contributed by atoms with van der Waals surface area (Å²) in [6.45, 7) is 13.8. The summed E-state index contributed by atoms with van der Waals surface area (Å²) in [5.74, 6) is 0. The average Bonchev–Trinajstić information content (AvgIpc) is 2.18. The standard InChI is InChI=1S/C14H32N2/c1-5-11-16(12-6-2)13-7-8-14(3,4)9-10-15/h5-13,15H2,1-4H3. The van der Waals surface area contributed by atoms with Crippen molar-refractivity contribution in [3.63, 3.8) is 0 Å². The minimum Gasteiger partial charge on any atom is -0.330 e. The lowest BCUT2D eigenvalue weighted by atomic mass is 9.84. The van der Waals surface area contributed by atoms with Gasteiger partial charge < -0.3 is 10.6 Å². The molecule has 0 fully saturated rings. The molecule has 0 rings (SSSR count). The highest BCUT2D eigenvalue weighted by molar-refractivity contribution is 4.70. The van der Waals surface area contributed by atoms with Gasteiger partial charge in [0.25, 0.3) is 0 Å². The molecule has 2 nitrogen and oxygen atoms in total. The first-order chi connectivity index (χ1) is 7.55. The lowest BCUT2D eigenvalue weighted by molar-refractivity contribution is 0.235. The van der Waals surface area contributed by atoms with Crippen molar-refractivity contribution >= 4 is 0 Å². The van der Waals surface area contributed by atoms with E-state index in [1.807, 2.05) is 0 Å². The van der Waals surface area contributed by atoms with E-state index in [9.17, 15) is 0 Å². The molecule has 0 radical (unpaired) electrons. The van der Waals surface area contributed by atoms with Gasteiger partial charge in [0.1, 0.15) is 0 Å². The molecule has 0 atom stereocenters. The maximum absolute atomic E-state index is 5.63. The summed E-state index contributed by atoms with van der Waals surface area (Å²) in [7, 11) is 0. The summed E-state index contributed by atoms with van der Waals surface area (Å²) in [5.41, 5.74) is 6.06. The molecule has 2 heteroatoms. The fraction of sp³-hybridized carbons (Fsp3) is 1.00. The van der Waals surface area contributed by atoms with Gasteiger partial charge in [0.05, 0.1) is 0 Å². The largest absolute Gasteiger partial charge is 0.330 e. The van der Waals surface area contributed by atoms with E-state index in [-0.39, 0.29) is 0 Å². The van der Waals surface area contributed by atoms with E-state index in [4.69, 9.17) is 5.73 Å². The lowest BCUT2D eigenvalue weighted by Gasteiger charge is -2.26. The van der Waals surface area contributed by atoms with E-state index in [0.29, 0.717) is 5.41 Å². The molecule has 0 heterocycles. The predicted octanol–water partition coefficient (Wildman–Crippen LogP) is 3.26. The average molecular weight is 228 g/mol. The van der Waals surface area contributed by atoms with E-state index in [2.05, 4.69) is 32.6 Å². The zero-order valence-electron chi connectivity index (χ0n) is 11.9. The molecule has 98 valence electrons. The highest BCUT2D eigenvalue weighted by atomic mass is 15.1. The van der Waals surface area contributed by atoms with E-state index in [0.717, 1.165) is 13.0 Å². The van der Waals surface area contributed by atoms with Crippen molar-refractivity contribution in [1.82, 2.24) is 4.90 Å². The highest BCUT2D eigenvalue weighted by Crippen LogP contribution is 2.25. The lowest BCUT2D eigenvalue weighted by Crippen LogP contribution is -2.28. The number of nitrogens with two attached hydrogens (primary N) is 1. The van der Waals surface area contributed by atoms with Crippen LogP contribution in [0.3, 0.4) is 0 Å². The quantitative estimate of drug-likeness (QED) is 0.622. The van der Waals surface area contributed by atoms with Gasteiger partial charge in [-0.25, -0.2) is 0 Å². The van der Waals surface area contributed by atoms with Crippen LogP contribution >= 0.6 is 0 Å². The first kappa shape index (κ1) is 15.9. The Morgan fingerprint density at radius 3 is 1.94 bits per heavy atom. The monoisotopic (exact) mass is 228 g/mol.